The number of carboxylic acids is 1. The number of methoxy groups -OCH3 is 2. The van der Waals surface area contributed by atoms with Crippen molar-refractivity contribution in [3.05, 3.63) is 40.5 Å². The summed E-state index contributed by atoms with van der Waals surface area (Å²) in [4.78, 5) is 15.9. The van der Waals surface area contributed by atoms with Gasteiger partial charge in [0.1, 0.15) is 16.9 Å². The van der Waals surface area contributed by atoms with E-state index in [1.54, 1.807) is 13.8 Å². The molecule has 10 heteroatoms. The highest BCUT2D eigenvalue weighted by Crippen LogP contribution is 2.28. The summed E-state index contributed by atoms with van der Waals surface area (Å²) in [6.45, 7) is 4.60. The van der Waals surface area contributed by atoms with Crippen molar-refractivity contribution in [1.29, 1.82) is 0 Å². The minimum atomic E-state index is -2.18. The molecule has 1 rings (SSSR count). The maximum atomic E-state index is 14.0. The number of aliphatic carboxylic acids is 1. The van der Waals surface area contributed by atoms with Gasteiger partial charge in [0.25, 0.3) is 0 Å². The van der Waals surface area contributed by atoms with Gasteiger partial charge in [0.05, 0.1) is 11.3 Å². The van der Waals surface area contributed by atoms with Crippen LogP contribution in [0, 0.1) is 23.3 Å². The van der Waals surface area contributed by atoms with Crippen LogP contribution in [0.15, 0.2) is 16.6 Å². The van der Waals surface area contributed by atoms with Gasteiger partial charge in [-0.2, -0.15) is 0 Å². The molecule has 156 valence electrons. The molecule has 2 N–H and O–H groups in total. The van der Waals surface area contributed by atoms with Crippen LogP contribution < -0.4 is 0 Å². The third kappa shape index (κ3) is 4.68. The number of aliphatic hydroxyl groups is 1. The molecule has 0 radical (unpaired) electrons. The van der Waals surface area contributed by atoms with Crippen molar-refractivity contribution in [2.24, 2.45) is 4.99 Å². The predicted molar refractivity (Wildman–Crippen MR) is 93.1 cm³/mol. The zero-order valence-electron chi connectivity index (χ0n) is 15.9. The first-order chi connectivity index (χ1) is 12.9. The first-order valence-electron chi connectivity index (χ1n) is 8.07. The summed E-state index contributed by atoms with van der Waals surface area (Å²) in [6, 6.07) is 0.164. The van der Waals surface area contributed by atoms with Crippen molar-refractivity contribution >= 4 is 17.4 Å². The number of rotatable bonds is 8. The molecule has 0 aliphatic heterocycles. The molecule has 1 aromatic carbocycles. The van der Waals surface area contributed by atoms with Crippen LogP contribution in [0.1, 0.15) is 32.8 Å². The second-order valence-corrected chi connectivity index (χ2v) is 6.25. The number of benzene rings is 1. The lowest BCUT2D eigenvalue weighted by Gasteiger charge is -2.29. The lowest BCUT2D eigenvalue weighted by molar-refractivity contribution is -0.137. The molecule has 0 saturated carbocycles. The Labute approximate surface area is 159 Å². The molecule has 0 heterocycles. The highest BCUT2D eigenvalue weighted by Gasteiger charge is 2.32. The highest BCUT2D eigenvalue weighted by molar-refractivity contribution is 6.23. The van der Waals surface area contributed by atoms with E-state index in [9.17, 15) is 32.6 Å². The SMILES string of the molecule is CCC(=NC(C)(C)C(OC)OC)C(C(=O)O)=C(O)c1cc(F)c(F)c(F)c1F. The van der Waals surface area contributed by atoms with Crippen molar-refractivity contribution in [1.82, 2.24) is 0 Å². The van der Waals surface area contributed by atoms with E-state index in [1.807, 2.05) is 0 Å². The Hall–Kier alpha value is -2.46. The molecular weight excluding hydrogens is 386 g/mol. The van der Waals surface area contributed by atoms with Crippen LogP contribution in [0.5, 0.6) is 0 Å². The van der Waals surface area contributed by atoms with E-state index in [4.69, 9.17) is 9.47 Å². The molecule has 0 unspecified atom stereocenters. The Morgan fingerprint density at radius 1 is 1.11 bits per heavy atom. The van der Waals surface area contributed by atoms with Gasteiger partial charge in [0.2, 0.25) is 0 Å². The number of aliphatic imine (C=N–C) groups is 1. The van der Waals surface area contributed by atoms with Gasteiger partial charge in [-0.1, -0.05) is 6.92 Å². The van der Waals surface area contributed by atoms with E-state index < -0.39 is 58.0 Å². The molecule has 0 spiro atoms. The van der Waals surface area contributed by atoms with Crippen molar-refractivity contribution in [3.63, 3.8) is 0 Å². The van der Waals surface area contributed by atoms with E-state index >= 15 is 0 Å². The summed E-state index contributed by atoms with van der Waals surface area (Å²) in [5, 5.41) is 19.8. The van der Waals surface area contributed by atoms with Crippen LogP contribution >= 0.6 is 0 Å². The first kappa shape index (κ1) is 23.6. The number of halogens is 4. The average molecular weight is 407 g/mol. The molecule has 28 heavy (non-hydrogen) atoms. The Morgan fingerprint density at radius 2 is 1.64 bits per heavy atom. The number of hydrogen-bond acceptors (Lipinski definition) is 5. The Bertz CT molecular complexity index is 817. The van der Waals surface area contributed by atoms with Crippen LogP contribution in [0.3, 0.4) is 0 Å². The second kappa shape index (κ2) is 9.16. The molecule has 6 nitrogen and oxygen atoms in total. The lowest BCUT2D eigenvalue weighted by Crippen LogP contribution is -2.38. The summed E-state index contributed by atoms with van der Waals surface area (Å²) < 4.78 is 64.3. The largest absolute Gasteiger partial charge is 0.506 e. The summed E-state index contributed by atoms with van der Waals surface area (Å²) in [7, 11) is 2.67. The monoisotopic (exact) mass is 407 g/mol. The van der Waals surface area contributed by atoms with Gasteiger partial charge in [-0.25, -0.2) is 22.4 Å². The topological polar surface area (TPSA) is 88.4 Å². The molecule has 0 bridgehead atoms. The molecule has 0 saturated heterocycles. The van der Waals surface area contributed by atoms with Crippen LogP contribution in [0.2, 0.25) is 0 Å². The Morgan fingerprint density at radius 3 is 2.07 bits per heavy atom. The van der Waals surface area contributed by atoms with Crippen LogP contribution in [0.4, 0.5) is 17.6 Å². The van der Waals surface area contributed by atoms with Crippen molar-refractivity contribution < 1.29 is 42.0 Å². The fourth-order valence-corrected chi connectivity index (χ4v) is 2.63. The average Bonchev–Trinajstić information content (AvgIpc) is 2.62. The molecule has 1 aromatic rings. The van der Waals surface area contributed by atoms with Crippen molar-refractivity contribution in [2.45, 2.75) is 39.0 Å². The summed E-state index contributed by atoms with van der Waals surface area (Å²) in [5.41, 5.74) is -3.42. The number of hydrogen-bond donors (Lipinski definition) is 2. The predicted octanol–water partition coefficient (Wildman–Crippen LogP) is 3.85. The zero-order valence-corrected chi connectivity index (χ0v) is 15.9. The van der Waals surface area contributed by atoms with Crippen molar-refractivity contribution in [2.75, 3.05) is 14.2 Å². The van der Waals surface area contributed by atoms with E-state index in [-0.39, 0.29) is 18.2 Å². The molecule has 0 aliphatic carbocycles. The van der Waals surface area contributed by atoms with Gasteiger partial charge in [-0.15, -0.1) is 0 Å². The number of carboxylic acid groups (broad SMARTS) is 1. The smallest absolute Gasteiger partial charge is 0.341 e. The third-order valence-corrected chi connectivity index (χ3v) is 3.86. The maximum Gasteiger partial charge on any atom is 0.341 e. The van der Waals surface area contributed by atoms with E-state index in [0.717, 1.165) is 0 Å². The van der Waals surface area contributed by atoms with Crippen molar-refractivity contribution in [3.8, 4) is 0 Å². The van der Waals surface area contributed by atoms with Gasteiger partial charge in [-0.05, 0) is 26.3 Å². The minimum Gasteiger partial charge on any atom is -0.506 e. The van der Waals surface area contributed by atoms with Gasteiger partial charge >= 0.3 is 5.97 Å². The van der Waals surface area contributed by atoms with Crippen LogP contribution in [-0.2, 0) is 14.3 Å². The molecule has 0 amide bonds. The van der Waals surface area contributed by atoms with Gasteiger partial charge in [0, 0.05) is 14.2 Å². The fraction of sp³-hybridized carbons (Fsp3) is 0.444. The summed E-state index contributed by atoms with van der Waals surface area (Å²) in [6.07, 6.45) is -0.952. The molecule has 0 fully saturated rings. The summed E-state index contributed by atoms with van der Waals surface area (Å²) >= 11 is 0. The molecule has 0 aromatic heterocycles. The second-order valence-electron chi connectivity index (χ2n) is 6.25. The number of carbonyl (C=O) groups is 1. The maximum absolute atomic E-state index is 14.0. The fourth-order valence-electron chi connectivity index (χ4n) is 2.63. The molecular formula is C18H21F4NO5. The van der Waals surface area contributed by atoms with Gasteiger partial charge in [0.15, 0.2) is 29.6 Å². The van der Waals surface area contributed by atoms with E-state index in [2.05, 4.69) is 4.99 Å². The standard InChI is InChI=1S/C18H21F4NO5/c1-6-10(23-18(2,3)17(27-4)28-5)11(16(25)26)15(24)8-7-9(19)13(21)14(22)12(8)20/h7,17,24H,6H2,1-5H3,(H,25,26). The first-order valence-corrected chi connectivity index (χ1v) is 8.07. The third-order valence-electron chi connectivity index (χ3n) is 3.86. The normalized spacial score (nSPS) is 13.7. The number of nitrogens with zero attached hydrogens (tertiary/aromatic N) is 1. The molecule has 0 aliphatic rings. The summed E-state index contributed by atoms with van der Waals surface area (Å²) in [5.74, 6) is -11.0. The number of ether oxygens (including phenoxy) is 2. The highest BCUT2D eigenvalue weighted by atomic mass is 19.2. The Kier molecular flexibility index (Phi) is 7.71. The van der Waals surface area contributed by atoms with Crippen LogP contribution in [0.25, 0.3) is 5.76 Å². The van der Waals surface area contributed by atoms with Gasteiger partial charge < -0.3 is 19.7 Å². The zero-order chi connectivity index (χ0) is 21.8. The van der Waals surface area contributed by atoms with E-state index in [0.29, 0.717) is 0 Å². The van der Waals surface area contributed by atoms with Gasteiger partial charge in [-0.3, -0.25) is 4.99 Å². The Balaban J connectivity index is 3.75. The lowest BCUT2D eigenvalue weighted by atomic mass is 9.99. The van der Waals surface area contributed by atoms with Crippen LogP contribution in [-0.4, -0.2) is 47.9 Å². The number of aliphatic hydroxyl groups excluding tert-OH is 1. The minimum absolute atomic E-state index is 0.0525. The van der Waals surface area contributed by atoms with E-state index in [1.165, 1.54) is 21.1 Å². The quantitative estimate of drug-likeness (QED) is 0.130. The molecule has 0 atom stereocenters.